The van der Waals surface area contributed by atoms with Crippen molar-refractivity contribution in [2.24, 2.45) is 0 Å². The lowest BCUT2D eigenvalue weighted by molar-refractivity contribution is 0.409. The summed E-state index contributed by atoms with van der Waals surface area (Å²) in [7, 11) is -2.08. The Hall–Kier alpha value is -1.44. The summed E-state index contributed by atoms with van der Waals surface area (Å²) in [4.78, 5) is 0.0371. The largest absolute Gasteiger partial charge is 0.496 e. The average Bonchev–Trinajstić information content (AvgIpc) is 2.48. The van der Waals surface area contributed by atoms with Gasteiger partial charge in [-0.2, -0.15) is 0 Å². The summed E-state index contributed by atoms with van der Waals surface area (Å²) in [5, 5.41) is 0. The zero-order chi connectivity index (χ0) is 16.2. The van der Waals surface area contributed by atoms with E-state index in [-0.39, 0.29) is 11.4 Å². The first-order valence-electron chi connectivity index (χ1n) is 6.50. The fourth-order valence-corrected chi connectivity index (χ4v) is 3.40. The van der Waals surface area contributed by atoms with E-state index in [1.165, 1.54) is 12.1 Å². The van der Waals surface area contributed by atoms with Gasteiger partial charge >= 0.3 is 0 Å². The zero-order valence-electron chi connectivity index (χ0n) is 11.8. The van der Waals surface area contributed by atoms with Crippen molar-refractivity contribution >= 4 is 26.0 Å². The van der Waals surface area contributed by atoms with Gasteiger partial charge in [-0.15, -0.1) is 0 Å². The van der Waals surface area contributed by atoms with Crippen LogP contribution in [0.25, 0.3) is 0 Å². The molecule has 2 aromatic carbocycles. The molecule has 0 saturated carbocycles. The maximum absolute atomic E-state index is 12.8. The number of nitrogens with one attached hydrogen (secondary N) is 1. The smallest absolute Gasteiger partial charge is 0.240 e. The molecular weight excluding hydrogens is 373 g/mol. The number of benzene rings is 2. The summed E-state index contributed by atoms with van der Waals surface area (Å²) in [6.45, 7) is 0.215. The summed E-state index contributed by atoms with van der Waals surface area (Å²) in [6, 6.07) is 10.2. The van der Waals surface area contributed by atoms with E-state index in [2.05, 4.69) is 20.7 Å². The van der Waals surface area contributed by atoms with E-state index in [0.29, 0.717) is 12.2 Å². The summed E-state index contributed by atoms with van der Waals surface area (Å²) in [6.07, 6.45) is 0.475. The van der Waals surface area contributed by atoms with Crippen LogP contribution in [-0.2, 0) is 16.4 Å². The van der Waals surface area contributed by atoms with E-state index in [4.69, 9.17) is 4.74 Å². The Kier molecular flexibility index (Phi) is 5.55. The monoisotopic (exact) mass is 387 g/mol. The van der Waals surface area contributed by atoms with Crippen molar-refractivity contribution in [3.63, 3.8) is 0 Å². The fourth-order valence-electron chi connectivity index (χ4n) is 1.96. The van der Waals surface area contributed by atoms with E-state index >= 15 is 0 Å². The number of rotatable bonds is 6. The number of methoxy groups -OCH3 is 1. The van der Waals surface area contributed by atoms with Gasteiger partial charge in [-0.05, 0) is 54.4 Å². The van der Waals surface area contributed by atoms with E-state index in [1.807, 2.05) is 18.2 Å². The maximum atomic E-state index is 12.8. The highest BCUT2D eigenvalue weighted by molar-refractivity contribution is 9.10. The molecule has 0 atom stereocenters. The lowest BCUT2D eigenvalue weighted by Gasteiger charge is -2.10. The van der Waals surface area contributed by atoms with Crippen LogP contribution in [0.4, 0.5) is 4.39 Å². The van der Waals surface area contributed by atoms with Crippen LogP contribution in [0.3, 0.4) is 0 Å². The third-order valence-corrected chi connectivity index (χ3v) is 5.02. The van der Waals surface area contributed by atoms with Crippen LogP contribution in [0.2, 0.25) is 0 Å². The molecule has 0 fully saturated rings. The number of ether oxygens (including phenoxy) is 1. The molecule has 2 rings (SSSR count). The predicted octanol–water partition coefficient (Wildman–Crippen LogP) is 3.12. The third-order valence-electron chi connectivity index (χ3n) is 3.05. The minimum absolute atomic E-state index is 0.0371. The topological polar surface area (TPSA) is 55.4 Å². The second-order valence-electron chi connectivity index (χ2n) is 4.56. The fraction of sp³-hybridized carbons (Fsp3) is 0.200. The van der Waals surface area contributed by atoms with Crippen molar-refractivity contribution in [1.82, 2.24) is 4.72 Å². The molecule has 0 radical (unpaired) electrons. The molecular formula is C15H15BrFNO3S. The van der Waals surface area contributed by atoms with Crippen molar-refractivity contribution in [1.29, 1.82) is 0 Å². The Labute approximate surface area is 137 Å². The van der Waals surface area contributed by atoms with Gasteiger partial charge in [0.05, 0.1) is 12.0 Å². The van der Waals surface area contributed by atoms with Crippen LogP contribution >= 0.6 is 15.9 Å². The molecule has 0 aliphatic heterocycles. The van der Waals surface area contributed by atoms with Crippen LogP contribution in [0, 0.1) is 5.82 Å². The third kappa shape index (κ3) is 4.28. The molecule has 0 aromatic heterocycles. The highest BCUT2D eigenvalue weighted by atomic mass is 79.9. The zero-order valence-corrected chi connectivity index (χ0v) is 14.2. The lowest BCUT2D eigenvalue weighted by Crippen LogP contribution is -2.26. The van der Waals surface area contributed by atoms with Gasteiger partial charge in [0.25, 0.3) is 0 Å². The number of sulfonamides is 1. The van der Waals surface area contributed by atoms with Crippen LogP contribution in [0.1, 0.15) is 5.56 Å². The molecule has 0 amide bonds. The van der Waals surface area contributed by atoms with Crippen molar-refractivity contribution in [2.75, 3.05) is 13.7 Å². The molecule has 0 heterocycles. The van der Waals surface area contributed by atoms with Crippen LogP contribution in [0.5, 0.6) is 5.75 Å². The second kappa shape index (κ2) is 7.21. The number of halogens is 2. The van der Waals surface area contributed by atoms with Gasteiger partial charge in [0.2, 0.25) is 10.0 Å². The van der Waals surface area contributed by atoms with Gasteiger partial charge in [-0.3, -0.25) is 0 Å². The van der Waals surface area contributed by atoms with Crippen molar-refractivity contribution in [2.45, 2.75) is 11.3 Å². The van der Waals surface area contributed by atoms with Gasteiger partial charge in [-0.25, -0.2) is 17.5 Å². The Morgan fingerprint density at radius 3 is 2.50 bits per heavy atom. The molecule has 2 aromatic rings. The SMILES string of the molecule is COc1ccc(Br)cc1CCNS(=O)(=O)c1ccc(F)cc1. The van der Waals surface area contributed by atoms with Gasteiger partial charge in [0.1, 0.15) is 11.6 Å². The molecule has 0 aliphatic rings. The Morgan fingerprint density at radius 2 is 1.86 bits per heavy atom. The van der Waals surface area contributed by atoms with Gasteiger partial charge in [0, 0.05) is 11.0 Å². The summed E-state index contributed by atoms with van der Waals surface area (Å²) >= 11 is 3.37. The standard InChI is InChI=1S/C15H15BrFNO3S/c1-21-15-7-2-12(16)10-11(15)8-9-18-22(19,20)14-5-3-13(17)4-6-14/h2-7,10,18H,8-9H2,1H3. The van der Waals surface area contributed by atoms with Gasteiger partial charge < -0.3 is 4.74 Å². The first kappa shape index (κ1) is 16.9. The van der Waals surface area contributed by atoms with Crippen molar-refractivity contribution in [3.05, 3.63) is 58.3 Å². The lowest BCUT2D eigenvalue weighted by atomic mass is 10.1. The van der Waals surface area contributed by atoms with Crippen molar-refractivity contribution in [3.8, 4) is 5.75 Å². The predicted molar refractivity (Wildman–Crippen MR) is 86.0 cm³/mol. The second-order valence-corrected chi connectivity index (χ2v) is 7.24. The molecule has 0 aliphatic carbocycles. The number of hydrogen-bond acceptors (Lipinski definition) is 3. The van der Waals surface area contributed by atoms with E-state index in [0.717, 1.165) is 22.2 Å². The van der Waals surface area contributed by atoms with E-state index in [1.54, 1.807) is 7.11 Å². The number of hydrogen-bond donors (Lipinski definition) is 1. The van der Waals surface area contributed by atoms with Crippen molar-refractivity contribution < 1.29 is 17.5 Å². The molecule has 22 heavy (non-hydrogen) atoms. The van der Waals surface area contributed by atoms with E-state index < -0.39 is 15.8 Å². The average molecular weight is 388 g/mol. The molecule has 0 spiro atoms. The summed E-state index contributed by atoms with van der Waals surface area (Å²) < 4.78 is 45.6. The van der Waals surface area contributed by atoms with Crippen LogP contribution in [-0.4, -0.2) is 22.1 Å². The first-order chi connectivity index (χ1) is 10.4. The summed E-state index contributed by atoms with van der Waals surface area (Å²) in [5.41, 5.74) is 0.888. The molecule has 7 heteroatoms. The minimum atomic E-state index is -3.65. The maximum Gasteiger partial charge on any atom is 0.240 e. The highest BCUT2D eigenvalue weighted by Crippen LogP contribution is 2.23. The normalized spacial score (nSPS) is 11.4. The molecule has 4 nitrogen and oxygen atoms in total. The Balaban J connectivity index is 2.04. The van der Waals surface area contributed by atoms with Gasteiger partial charge in [-0.1, -0.05) is 15.9 Å². The molecule has 0 bridgehead atoms. The molecule has 118 valence electrons. The molecule has 0 unspecified atom stereocenters. The Morgan fingerprint density at radius 1 is 1.18 bits per heavy atom. The quantitative estimate of drug-likeness (QED) is 0.828. The molecule has 1 N–H and O–H groups in total. The van der Waals surface area contributed by atoms with Crippen LogP contribution in [0.15, 0.2) is 51.8 Å². The van der Waals surface area contributed by atoms with E-state index in [9.17, 15) is 12.8 Å². The van der Waals surface area contributed by atoms with Crippen LogP contribution < -0.4 is 9.46 Å². The highest BCUT2D eigenvalue weighted by Gasteiger charge is 2.14. The Bertz CT molecular complexity index is 748. The van der Waals surface area contributed by atoms with Gasteiger partial charge in [0.15, 0.2) is 0 Å². The summed E-state index contributed by atoms with van der Waals surface area (Å²) in [5.74, 6) is 0.224. The minimum Gasteiger partial charge on any atom is -0.496 e. The molecule has 0 saturated heterocycles. The first-order valence-corrected chi connectivity index (χ1v) is 8.77.